The summed E-state index contributed by atoms with van der Waals surface area (Å²) in [6.45, 7) is 8.94. The van der Waals surface area contributed by atoms with Gasteiger partial charge in [-0.25, -0.2) is 0 Å². The van der Waals surface area contributed by atoms with E-state index in [1.54, 1.807) is 4.90 Å². The Morgan fingerprint density at radius 3 is 2.19 bits per heavy atom. The maximum absolute atomic E-state index is 12.1. The van der Waals surface area contributed by atoms with Crippen molar-refractivity contribution < 1.29 is 9.90 Å². The van der Waals surface area contributed by atoms with E-state index < -0.39 is 11.6 Å². The van der Waals surface area contributed by atoms with Crippen LogP contribution in [0, 0.1) is 5.41 Å². The third-order valence-electron chi connectivity index (χ3n) is 3.35. The summed E-state index contributed by atoms with van der Waals surface area (Å²) in [4.78, 5) is 13.8. The number of nitrogens with zero attached hydrogens (tertiary/aromatic N) is 1. The molecule has 1 aliphatic heterocycles. The Labute approximate surface area is 97.8 Å². The number of carbonyl (C=O) groups excluding carboxylic acids is 1. The lowest BCUT2D eigenvalue weighted by Gasteiger charge is -2.38. The van der Waals surface area contributed by atoms with Crippen LogP contribution in [-0.4, -0.2) is 40.6 Å². The molecule has 0 aromatic carbocycles. The van der Waals surface area contributed by atoms with E-state index in [1.165, 1.54) is 0 Å². The van der Waals surface area contributed by atoms with Crippen molar-refractivity contribution >= 4 is 5.91 Å². The highest BCUT2D eigenvalue weighted by Crippen LogP contribution is 2.24. The summed E-state index contributed by atoms with van der Waals surface area (Å²) in [5, 5.41) is 9.80. The fourth-order valence-electron chi connectivity index (χ4n) is 1.78. The van der Waals surface area contributed by atoms with Crippen LogP contribution < -0.4 is 5.73 Å². The lowest BCUT2D eigenvalue weighted by Crippen LogP contribution is -2.54. The second kappa shape index (κ2) is 4.34. The number of likely N-dealkylation sites (tertiary alicyclic amines) is 1. The van der Waals surface area contributed by atoms with E-state index in [4.69, 9.17) is 5.73 Å². The predicted octanol–water partition coefficient (Wildman–Crippen LogP) is 0.733. The maximum Gasteiger partial charge on any atom is 0.240 e. The molecule has 0 aromatic rings. The van der Waals surface area contributed by atoms with Crippen LogP contribution in [0.2, 0.25) is 0 Å². The van der Waals surface area contributed by atoms with Gasteiger partial charge in [0, 0.05) is 13.1 Å². The zero-order valence-electron chi connectivity index (χ0n) is 10.8. The quantitative estimate of drug-likeness (QED) is 0.695. The van der Waals surface area contributed by atoms with Crippen molar-refractivity contribution in [3.05, 3.63) is 0 Å². The SMILES string of the molecule is CC1(O)CCN(C(=O)[C@@H](N)C(C)(C)C)CC1. The van der Waals surface area contributed by atoms with Crippen molar-refractivity contribution in [2.45, 2.75) is 52.2 Å². The van der Waals surface area contributed by atoms with Gasteiger partial charge in [-0.2, -0.15) is 0 Å². The van der Waals surface area contributed by atoms with Crippen LogP contribution in [0.15, 0.2) is 0 Å². The van der Waals surface area contributed by atoms with Gasteiger partial charge >= 0.3 is 0 Å². The highest BCUT2D eigenvalue weighted by molar-refractivity contribution is 5.82. The second-order valence-corrected chi connectivity index (χ2v) is 6.17. The van der Waals surface area contributed by atoms with Gasteiger partial charge in [0.1, 0.15) is 0 Å². The lowest BCUT2D eigenvalue weighted by molar-refractivity contribution is -0.138. The van der Waals surface area contributed by atoms with E-state index in [9.17, 15) is 9.90 Å². The number of amides is 1. The summed E-state index contributed by atoms with van der Waals surface area (Å²) in [6.07, 6.45) is 1.27. The van der Waals surface area contributed by atoms with Gasteiger partial charge in [0.25, 0.3) is 0 Å². The Morgan fingerprint density at radius 1 is 1.38 bits per heavy atom. The molecule has 4 nitrogen and oxygen atoms in total. The van der Waals surface area contributed by atoms with Crippen LogP contribution in [0.1, 0.15) is 40.5 Å². The normalized spacial score (nSPS) is 23.0. The zero-order chi connectivity index (χ0) is 12.6. The summed E-state index contributed by atoms with van der Waals surface area (Å²) in [6, 6.07) is -0.462. The van der Waals surface area contributed by atoms with Crippen LogP contribution in [-0.2, 0) is 4.79 Å². The van der Waals surface area contributed by atoms with E-state index in [0.29, 0.717) is 25.9 Å². The van der Waals surface area contributed by atoms with E-state index in [2.05, 4.69) is 0 Å². The second-order valence-electron chi connectivity index (χ2n) is 6.17. The molecule has 94 valence electrons. The smallest absolute Gasteiger partial charge is 0.240 e. The average molecular weight is 228 g/mol. The fraction of sp³-hybridized carbons (Fsp3) is 0.917. The van der Waals surface area contributed by atoms with Gasteiger partial charge in [0.15, 0.2) is 0 Å². The van der Waals surface area contributed by atoms with Crippen molar-refractivity contribution in [3.63, 3.8) is 0 Å². The minimum absolute atomic E-state index is 0.00278. The molecule has 3 N–H and O–H groups in total. The van der Waals surface area contributed by atoms with Crippen molar-refractivity contribution in [1.82, 2.24) is 4.90 Å². The molecule has 0 bridgehead atoms. The molecule has 1 amide bonds. The number of nitrogens with two attached hydrogens (primary N) is 1. The third kappa shape index (κ3) is 3.19. The summed E-state index contributed by atoms with van der Waals surface area (Å²) in [7, 11) is 0. The number of aliphatic hydroxyl groups is 1. The standard InChI is InChI=1S/C12H24N2O2/c1-11(2,3)9(13)10(15)14-7-5-12(4,16)6-8-14/h9,16H,5-8,13H2,1-4H3/t9-/m1/s1. The van der Waals surface area contributed by atoms with Gasteiger partial charge in [-0.1, -0.05) is 20.8 Å². The first-order valence-electron chi connectivity index (χ1n) is 5.90. The molecule has 0 radical (unpaired) electrons. The first-order chi connectivity index (χ1) is 7.13. The van der Waals surface area contributed by atoms with Crippen LogP contribution in [0.5, 0.6) is 0 Å². The lowest BCUT2D eigenvalue weighted by atomic mass is 9.85. The van der Waals surface area contributed by atoms with Crippen LogP contribution in [0.25, 0.3) is 0 Å². The molecular weight excluding hydrogens is 204 g/mol. The molecule has 0 saturated carbocycles. The van der Waals surface area contributed by atoms with Gasteiger partial charge in [-0.15, -0.1) is 0 Å². The Morgan fingerprint density at radius 2 is 1.81 bits per heavy atom. The largest absolute Gasteiger partial charge is 0.390 e. The molecule has 1 heterocycles. The van der Waals surface area contributed by atoms with Crippen molar-refractivity contribution in [2.75, 3.05) is 13.1 Å². The van der Waals surface area contributed by atoms with Gasteiger partial charge in [0.2, 0.25) is 5.91 Å². The minimum Gasteiger partial charge on any atom is -0.390 e. The van der Waals surface area contributed by atoms with Gasteiger partial charge in [-0.05, 0) is 25.2 Å². The summed E-state index contributed by atoms with van der Waals surface area (Å²) in [5.41, 5.74) is 5.11. The van der Waals surface area contributed by atoms with E-state index in [1.807, 2.05) is 27.7 Å². The molecule has 0 aliphatic carbocycles. The number of hydrogen-bond donors (Lipinski definition) is 2. The average Bonchev–Trinajstić information content (AvgIpc) is 2.14. The molecule has 1 saturated heterocycles. The summed E-state index contributed by atoms with van der Waals surface area (Å²) in [5.74, 6) is 0.00278. The van der Waals surface area contributed by atoms with Crippen LogP contribution in [0.4, 0.5) is 0 Å². The van der Waals surface area contributed by atoms with Crippen LogP contribution >= 0.6 is 0 Å². The topological polar surface area (TPSA) is 66.6 Å². The predicted molar refractivity (Wildman–Crippen MR) is 63.9 cm³/mol. The van der Waals surface area contributed by atoms with E-state index in [0.717, 1.165) is 0 Å². The number of hydrogen-bond acceptors (Lipinski definition) is 3. The Kier molecular flexibility index (Phi) is 3.65. The van der Waals surface area contributed by atoms with Gasteiger partial charge in [0.05, 0.1) is 11.6 Å². The molecular formula is C12H24N2O2. The highest BCUT2D eigenvalue weighted by Gasteiger charge is 2.35. The van der Waals surface area contributed by atoms with E-state index in [-0.39, 0.29) is 11.3 Å². The van der Waals surface area contributed by atoms with Crippen molar-refractivity contribution in [3.8, 4) is 0 Å². The number of piperidine rings is 1. The molecule has 1 aliphatic rings. The Balaban J connectivity index is 2.58. The molecule has 0 unspecified atom stereocenters. The molecule has 1 rings (SSSR count). The summed E-state index contributed by atoms with van der Waals surface area (Å²) < 4.78 is 0. The minimum atomic E-state index is -0.622. The summed E-state index contributed by atoms with van der Waals surface area (Å²) >= 11 is 0. The molecule has 4 heteroatoms. The first kappa shape index (κ1) is 13.5. The van der Waals surface area contributed by atoms with E-state index >= 15 is 0 Å². The molecule has 1 atom stereocenters. The Bertz CT molecular complexity index is 259. The molecule has 0 spiro atoms. The zero-order valence-corrected chi connectivity index (χ0v) is 10.8. The maximum atomic E-state index is 12.1. The monoisotopic (exact) mass is 228 g/mol. The van der Waals surface area contributed by atoms with Gasteiger partial charge in [-0.3, -0.25) is 4.79 Å². The van der Waals surface area contributed by atoms with Gasteiger partial charge < -0.3 is 15.7 Å². The molecule has 1 fully saturated rings. The molecule has 16 heavy (non-hydrogen) atoms. The Hall–Kier alpha value is -0.610. The van der Waals surface area contributed by atoms with Crippen molar-refractivity contribution in [2.24, 2.45) is 11.1 Å². The molecule has 0 aromatic heterocycles. The third-order valence-corrected chi connectivity index (χ3v) is 3.35. The number of carbonyl (C=O) groups is 1. The first-order valence-corrected chi connectivity index (χ1v) is 5.90. The highest BCUT2D eigenvalue weighted by atomic mass is 16.3. The number of rotatable bonds is 1. The van der Waals surface area contributed by atoms with Crippen LogP contribution in [0.3, 0.4) is 0 Å². The van der Waals surface area contributed by atoms with Crippen molar-refractivity contribution in [1.29, 1.82) is 0 Å². The fourth-order valence-corrected chi connectivity index (χ4v) is 1.78.